The first-order valence-electron chi connectivity index (χ1n) is 25.7. The van der Waals surface area contributed by atoms with Gasteiger partial charge in [0.2, 0.25) is 0 Å². The first kappa shape index (κ1) is 56.4. The van der Waals surface area contributed by atoms with Crippen LogP contribution in [0, 0.1) is 11.8 Å². The van der Waals surface area contributed by atoms with Crippen molar-refractivity contribution in [2.45, 2.75) is 291 Å². The molecule has 0 bridgehead atoms. The van der Waals surface area contributed by atoms with Gasteiger partial charge in [0, 0.05) is 19.3 Å². The molecule has 0 saturated heterocycles. The number of hydrogen-bond donors (Lipinski definition) is 0. The highest BCUT2D eigenvalue weighted by Gasteiger charge is 2.19. The van der Waals surface area contributed by atoms with Crippen LogP contribution in [0.5, 0.6) is 0 Å². The lowest BCUT2D eigenvalue weighted by Crippen LogP contribution is -2.30. The van der Waals surface area contributed by atoms with Crippen LogP contribution in [0.4, 0.5) is 0 Å². The molecule has 58 heavy (non-hydrogen) atoms. The molecule has 1 atom stereocenters. The Morgan fingerprint density at radius 3 is 0.845 bits per heavy atom. The average molecular weight is 821 g/mol. The maximum atomic E-state index is 12.7. The molecule has 0 aromatic carbocycles. The highest BCUT2D eigenvalue weighted by molar-refractivity contribution is 5.71. The summed E-state index contributed by atoms with van der Waals surface area (Å²) in [6, 6.07) is 0. The Bertz CT molecular complexity index is 885. The zero-order valence-corrected chi connectivity index (χ0v) is 39.7. The second-order valence-corrected chi connectivity index (χ2v) is 18.8. The summed E-state index contributed by atoms with van der Waals surface area (Å²) >= 11 is 0. The Morgan fingerprint density at radius 2 is 0.569 bits per heavy atom. The van der Waals surface area contributed by atoms with E-state index in [1.54, 1.807) is 0 Å². The smallest absolute Gasteiger partial charge is 0.306 e. The fraction of sp³-hybridized carbons (Fsp3) is 0.942. The van der Waals surface area contributed by atoms with Gasteiger partial charge < -0.3 is 14.2 Å². The van der Waals surface area contributed by atoms with E-state index in [1.807, 2.05) is 0 Å². The number of hydrogen-bond acceptors (Lipinski definition) is 6. The minimum atomic E-state index is -0.761. The van der Waals surface area contributed by atoms with Gasteiger partial charge in [-0.15, -0.1) is 0 Å². The lowest BCUT2D eigenvalue weighted by Gasteiger charge is -2.18. The Morgan fingerprint density at radius 1 is 0.328 bits per heavy atom. The van der Waals surface area contributed by atoms with Crippen molar-refractivity contribution in [3.63, 3.8) is 0 Å². The Hall–Kier alpha value is -1.59. The second kappa shape index (κ2) is 44.9. The molecule has 0 aliphatic rings. The summed E-state index contributed by atoms with van der Waals surface area (Å²) in [5.74, 6) is 0.791. The average Bonchev–Trinajstić information content (AvgIpc) is 3.19. The molecular formula is C52H100O6. The molecule has 0 amide bonds. The van der Waals surface area contributed by atoms with Gasteiger partial charge in [-0.2, -0.15) is 0 Å². The van der Waals surface area contributed by atoms with Gasteiger partial charge in [0.25, 0.3) is 0 Å². The lowest BCUT2D eigenvalue weighted by molar-refractivity contribution is -0.167. The first-order chi connectivity index (χ1) is 28.2. The molecule has 344 valence electrons. The predicted molar refractivity (Wildman–Crippen MR) is 247 cm³/mol. The number of carbonyl (C=O) groups is 3. The van der Waals surface area contributed by atoms with Crippen molar-refractivity contribution in [2.24, 2.45) is 11.8 Å². The Labute approximate surface area is 361 Å². The minimum absolute atomic E-state index is 0.0641. The molecule has 0 aliphatic carbocycles. The topological polar surface area (TPSA) is 78.9 Å². The second-order valence-electron chi connectivity index (χ2n) is 18.8. The fourth-order valence-corrected chi connectivity index (χ4v) is 7.81. The zero-order chi connectivity index (χ0) is 42.6. The van der Waals surface area contributed by atoms with Crippen molar-refractivity contribution in [3.05, 3.63) is 0 Å². The highest BCUT2D eigenvalue weighted by Crippen LogP contribution is 2.17. The van der Waals surface area contributed by atoms with E-state index >= 15 is 0 Å². The summed E-state index contributed by atoms with van der Waals surface area (Å²) in [4.78, 5) is 37.9. The molecule has 6 nitrogen and oxygen atoms in total. The van der Waals surface area contributed by atoms with Gasteiger partial charge in [0.1, 0.15) is 13.2 Å². The van der Waals surface area contributed by atoms with Crippen molar-refractivity contribution >= 4 is 17.9 Å². The molecule has 6 heteroatoms. The van der Waals surface area contributed by atoms with Crippen LogP contribution < -0.4 is 0 Å². The molecule has 0 aromatic heterocycles. The van der Waals surface area contributed by atoms with Crippen LogP contribution in [0.1, 0.15) is 285 Å². The molecule has 0 fully saturated rings. The van der Waals surface area contributed by atoms with Crippen LogP contribution in [-0.2, 0) is 28.6 Å². The summed E-state index contributed by atoms with van der Waals surface area (Å²) in [6.07, 6.45) is 45.2. The van der Waals surface area contributed by atoms with Gasteiger partial charge in [-0.3, -0.25) is 14.4 Å². The Balaban J connectivity index is 4.25. The summed E-state index contributed by atoms with van der Waals surface area (Å²) in [6.45, 7) is 11.3. The third-order valence-electron chi connectivity index (χ3n) is 11.7. The minimum Gasteiger partial charge on any atom is -0.462 e. The molecule has 0 heterocycles. The molecule has 0 aliphatic heterocycles. The maximum Gasteiger partial charge on any atom is 0.306 e. The predicted octanol–water partition coefficient (Wildman–Crippen LogP) is 16.5. The van der Waals surface area contributed by atoms with E-state index in [1.165, 1.54) is 173 Å². The maximum absolute atomic E-state index is 12.7. The molecule has 0 saturated carbocycles. The number of rotatable bonds is 46. The highest BCUT2D eigenvalue weighted by atomic mass is 16.6. The lowest BCUT2D eigenvalue weighted by atomic mass is 10.0. The van der Waals surface area contributed by atoms with Gasteiger partial charge >= 0.3 is 17.9 Å². The third-order valence-corrected chi connectivity index (χ3v) is 11.7. The van der Waals surface area contributed by atoms with Gasteiger partial charge in [-0.25, -0.2) is 0 Å². The SMILES string of the molecule is CCCCCCCCCCCCCC(=O)OC[C@H](COC(=O)CCCCCCCCCCCCCCCCCC(C)C)OC(=O)CCCCCCCCCCC(C)C. The third kappa shape index (κ3) is 45.5. The van der Waals surface area contributed by atoms with Crippen molar-refractivity contribution in [2.75, 3.05) is 13.2 Å². The summed E-state index contributed by atoms with van der Waals surface area (Å²) in [5, 5.41) is 0. The molecule has 0 aromatic rings. The van der Waals surface area contributed by atoms with E-state index in [-0.39, 0.29) is 31.1 Å². The zero-order valence-electron chi connectivity index (χ0n) is 39.7. The van der Waals surface area contributed by atoms with Crippen molar-refractivity contribution in [1.29, 1.82) is 0 Å². The van der Waals surface area contributed by atoms with E-state index in [0.717, 1.165) is 69.6 Å². The number of esters is 3. The van der Waals surface area contributed by atoms with Crippen LogP contribution in [0.2, 0.25) is 0 Å². The van der Waals surface area contributed by atoms with Crippen molar-refractivity contribution in [3.8, 4) is 0 Å². The van der Waals surface area contributed by atoms with Crippen LogP contribution in [0.15, 0.2) is 0 Å². The molecular weight excluding hydrogens is 721 g/mol. The largest absolute Gasteiger partial charge is 0.462 e. The van der Waals surface area contributed by atoms with Crippen LogP contribution in [0.3, 0.4) is 0 Å². The van der Waals surface area contributed by atoms with Gasteiger partial charge in [0.05, 0.1) is 0 Å². The van der Waals surface area contributed by atoms with Crippen LogP contribution >= 0.6 is 0 Å². The van der Waals surface area contributed by atoms with E-state index < -0.39 is 6.10 Å². The van der Waals surface area contributed by atoms with E-state index in [0.29, 0.717) is 19.3 Å². The van der Waals surface area contributed by atoms with Gasteiger partial charge in [-0.1, -0.05) is 247 Å². The van der Waals surface area contributed by atoms with Crippen molar-refractivity contribution in [1.82, 2.24) is 0 Å². The number of unbranched alkanes of at least 4 members (excludes halogenated alkanes) is 31. The molecule has 0 radical (unpaired) electrons. The van der Waals surface area contributed by atoms with Crippen LogP contribution in [-0.4, -0.2) is 37.2 Å². The summed E-state index contributed by atoms with van der Waals surface area (Å²) < 4.78 is 16.8. The first-order valence-corrected chi connectivity index (χ1v) is 25.7. The molecule has 0 N–H and O–H groups in total. The molecule has 0 spiro atoms. The van der Waals surface area contributed by atoms with Gasteiger partial charge in [-0.05, 0) is 31.1 Å². The summed E-state index contributed by atoms with van der Waals surface area (Å²) in [5.41, 5.74) is 0. The quantitative estimate of drug-likeness (QED) is 0.0346. The van der Waals surface area contributed by atoms with E-state index in [4.69, 9.17) is 14.2 Å². The van der Waals surface area contributed by atoms with Crippen molar-refractivity contribution < 1.29 is 28.6 Å². The molecule has 0 unspecified atom stereocenters. The number of ether oxygens (including phenoxy) is 3. The standard InChI is InChI=1S/C52H100O6/c1-6-7-8-9-10-11-17-21-27-32-37-42-50(53)56-45-49(58-52(55)44-39-34-29-24-23-26-31-36-41-48(4)5)46-57-51(54)43-38-33-28-22-19-16-14-12-13-15-18-20-25-30-35-40-47(2)3/h47-49H,6-46H2,1-5H3/t49-/m1/s1. The molecule has 0 rings (SSSR count). The monoisotopic (exact) mass is 821 g/mol. The normalized spacial score (nSPS) is 12.1. The Kier molecular flexibility index (Phi) is 43.7. The van der Waals surface area contributed by atoms with Crippen LogP contribution in [0.25, 0.3) is 0 Å². The van der Waals surface area contributed by atoms with Gasteiger partial charge in [0.15, 0.2) is 6.10 Å². The number of carbonyl (C=O) groups excluding carboxylic acids is 3. The van der Waals surface area contributed by atoms with E-state index in [2.05, 4.69) is 34.6 Å². The fourth-order valence-electron chi connectivity index (χ4n) is 7.81. The summed E-state index contributed by atoms with van der Waals surface area (Å²) in [7, 11) is 0. The van der Waals surface area contributed by atoms with E-state index in [9.17, 15) is 14.4 Å².